The number of H-pyrrole nitrogens is 1. The van der Waals surface area contributed by atoms with Crippen LogP contribution in [0.5, 0.6) is 0 Å². The fourth-order valence-electron chi connectivity index (χ4n) is 2.09. The van der Waals surface area contributed by atoms with Gasteiger partial charge in [-0.3, -0.25) is 9.89 Å². The van der Waals surface area contributed by atoms with Crippen LogP contribution in [0.1, 0.15) is 31.6 Å². The van der Waals surface area contributed by atoms with E-state index in [1.807, 2.05) is 0 Å². The number of sulfone groups is 1. The molecule has 0 saturated carbocycles. The van der Waals surface area contributed by atoms with E-state index in [0.717, 1.165) is 0 Å². The van der Waals surface area contributed by atoms with Crippen LogP contribution in [-0.4, -0.2) is 41.0 Å². The SMILES string of the molecule is CC(NC(=O)CC1CCS(=O)(=O)C1)c1ncn[nH]1. The van der Waals surface area contributed by atoms with Crippen LogP contribution in [-0.2, 0) is 14.6 Å². The molecule has 1 saturated heterocycles. The van der Waals surface area contributed by atoms with Crippen LogP contribution < -0.4 is 5.32 Å². The highest BCUT2D eigenvalue weighted by molar-refractivity contribution is 7.91. The predicted molar refractivity (Wildman–Crippen MR) is 64.3 cm³/mol. The fraction of sp³-hybridized carbons (Fsp3) is 0.700. The highest BCUT2D eigenvalue weighted by Crippen LogP contribution is 2.21. The average Bonchev–Trinajstić information content (AvgIpc) is 2.87. The minimum atomic E-state index is -2.92. The van der Waals surface area contributed by atoms with Crippen molar-refractivity contribution in [3.8, 4) is 0 Å². The topological polar surface area (TPSA) is 105 Å². The quantitative estimate of drug-likeness (QED) is 0.790. The maximum atomic E-state index is 11.7. The third-order valence-corrected chi connectivity index (χ3v) is 4.86. The molecule has 18 heavy (non-hydrogen) atoms. The van der Waals surface area contributed by atoms with Gasteiger partial charge in [0.25, 0.3) is 0 Å². The summed E-state index contributed by atoms with van der Waals surface area (Å²) in [6, 6.07) is -0.252. The van der Waals surface area contributed by atoms with Crippen molar-refractivity contribution >= 4 is 15.7 Å². The van der Waals surface area contributed by atoms with Gasteiger partial charge in [-0.15, -0.1) is 0 Å². The second-order valence-electron chi connectivity index (χ2n) is 4.63. The van der Waals surface area contributed by atoms with Gasteiger partial charge in [0.15, 0.2) is 9.84 Å². The van der Waals surface area contributed by atoms with E-state index in [-0.39, 0.29) is 35.8 Å². The number of aromatic nitrogens is 3. The lowest BCUT2D eigenvalue weighted by Crippen LogP contribution is -2.29. The molecular formula is C10H16N4O3S. The van der Waals surface area contributed by atoms with Crippen LogP contribution in [0.25, 0.3) is 0 Å². The lowest BCUT2D eigenvalue weighted by atomic mass is 10.0. The number of hydrogen-bond donors (Lipinski definition) is 2. The number of hydrogen-bond acceptors (Lipinski definition) is 5. The van der Waals surface area contributed by atoms with Gasteiger partial charge >= 0.3 is 0 Å². The smallest absolute Gasteiger partial charge is 0.220 e. The molecule has 7 nitrogen and oxygen atoms in total. The molecule has 0 aliphatic carbocycles. The molecule has 2 heterocycles. The lowest BCUT2D eigenvalue weighted by Gasteiger charge is -2.13. The predicted octanol–water partition coefficient (Wildman–Crippen LogP) is -0.193. The van der Waals surface area contributed by atoms with Crippen molar-refractivity contribution in [2.75, 3.05) is 11.5 Å². The molecule has 100 valence electrons. The Kier molecular flexibility index (Phi) is 3.65. The van der Waals surface area contributed by atoms with Crippen LogP contribution in [0.3, 0.4) is 0 Å². The molecule has 2 rings (SSSR count). The first-order valence-corrected chi connectivity index (χ1v) is 7.63. The molecule has 0 bridgehead atoms. The zero-order chi connectivity index (χ0) is 13.2. The van der Waals surface area contributed by atoms with Gasteiger partial charge in [-0.1, -0.05) is 0 Å². The van der Waals surface area contributed by atoms with E-state index < -0.39 is 9.84 Å². The Balaban J connectivity index is 1.83. The van der Waals surface area contributed by atoms with E-state index in [1.54, 1.807) is 6.92 Å². The molecule has 2 atom stereocenters. The summed E-state index contributed by atoms with van der Waals surface area (Å²) in [5.41, 5.74) is 0. The highest BCUT2D eigenvalue weighted by atomic mass is 32.2. The van der Waals surface area contributed by atoms with Crippen molar-refractivity contribution in [3.63, 3.8) is 0 Å². The molecule has 8 heteroatoms. The fourth-order valence-corrected chi connectivity index (χ4v) is 3.95. The molecule has 1 aliphatic rings. The monoisotopic (exact) mass is 272 g/mol. The van der Waals surface area contributed by atoms with Gasteiger partial charge in [-0.05, 0) is 19.3 Å². The maximum Gasteiger partial charge on any atom is 0.220 e. The normalized spacial score (nSPS) is 23.7. The van der Waals surface area contributed by atoms with Gasteiger partial charge < -0.3 is 5.32 Å². The first-order valence-electron chi connectivity index (χ1n) is 5.81. The van der Waals surface area contributed by atoms with Crippen LogP contribution in [0.2, 0.25) is 0 Å². The summed E-state index contributed by atoms with van der Waals surface area (Å²) in [5, 5.41) is 9.15. The molecule has 0 aromatic carbocycles. The van der Waals surface area contributed by atoms with Gasteiger partial charge in [0.05, 0.1) is 17.5 Å². The van der Waals surface area contributed by atoms with E-state index in [0.29, 0.717) is 12.2 Å². The van der Waals surface area contributed by atoms with Gasteiger partial charge in [-0.25, -0.2) is 13.4 Å². The third kappa shape index (κ3) is 3.28. The molecule has 1 aromatic rings. The highest BCUT2D eigenvalue weighted by Gasteiger charge is 2.29. The summed E-state index contributed by atoms with van der Waals surface area (Å²) >= 11 is 0. The Morgan fingerprint density at radius 1 is 1.67 bits per heavy atom. The molecule has 2 N–H and O–H groups in total. The molecular weight excluding hydrogens is 256 g/mol. The molecule has 1 aromatic heterocycles. The molecule has 0 radical (unpaired) electrons. The summed E-state index contributed by atoms with van der Waals surface area (Å²) in [4.78, 5) is 15.7. The third-order valence-electron chi connectivity index (χ3n) is 3.02. The first kappa shape index (κ1) is 13.0. The Labute approximate surface area is 105 Å². The Hall–Kier alpha value is -1.44. The zero-order valence-corrected chi connectivity index (χ0v) is 10.9. The van der Waals surface area contributed by atoms with Crippen LogP contribution in [0.15, 0.2) is 6.33 Å². The van der Waals surface area contributed by atoms with Crippen molar-refractivity contribution in [1.29, 1.82) is 0 Å². The Bertz CT molecular complexity index is 511. The van der Waals surface area contributed by atoms with Crippen molar-refractivity contribution in [2.24, 2.45) is 5.92 Å². The summed E-state index contributed by atoms with van der Waals surface area (Å²) in [6.07, 6.45) is 2.20. The standard InChI is InChI=1S/C10H16N4O3S/c1-7(10-11-6-12-14-10)13-9(15)4-8-2-3-18(16,17)5-8/h6-8H,2-5H2,1H3,(H,13,15)(H,11,12,14). The number of carbonyl (C=O) groups is 1. The van der Waals surface area contributed by atoms with Gasteiger partial charge in [0, 0.05) is 6.42 Å². The number of aromatic amines is 1. The molecule has 2 unspecified atom stereocenters. The van der Waals surface area contributed by atoms with Gasteiger partial charge in [-0.2, -0.15) is 5.10 Å². The lowest BCUT2D eigenvalue weighted by molar-refractivity contribution is -0.122. The van der Waals surface area contributed by atoms with E-state index in [1.165, 1.54) is 6.33 Å². The maximum absolute atomic E-state index is 11.7. The van der Waals surface area contributed by atoms with E-state index >= 15 is 0 Å². The second-order valence-corrected chi connectivity index (χ2v) is 6.86. The number of nitrogens with one attached hydrogen (secondary N) is 2. The van der Waals surface area contributed by atoms with Gasteiger partial charge in [0.1, 0.15) is 12.2 Å². The Morgan fingerprint density at radius 2 is 2.44 bits per heavy atom. The zero-order valence-electron chi connectivity index (χ0n) is 10.1. The molecule has 1 aliphatic heterocycles. The van der Waals surface area contributed by atoms with Crippen molar-refractivity contribution in [2.45, 2.75) is 25.8 Å². The van der Waals surface area contributed by atoms with Crippen molar-refractivity contribution in [3.05, 3.63) is 12.2 Å². The largest absolute Gasteiger partial charge is 0.346 e. The summed E-state index contributed by atoms with van der Waals surface area (Å²) in [7, 11) is -2.92. The summed E-state index contributed by atoms with van der Waals surface area (Å²) < 4.78 is 22.6. The Morgan fingerprint density at radius 3 is 3.00 bits per heavy atom. The number of nitrogens with zero attached hydrogens (tertiary/aromatic N) is 2. The molecule has 1 fully saturated rings. The number of rotatable bonds is 4. The van der Waals surface area contributed by atoms with Gasteiger partial charge in [0.2, 0.25) is 5.91 Å². The average molecular weight is 272 g/mol. The number of carbonyl (C=O) groups excluding carboxylic acids is 1. The minimum absolute atomic E-state index is 0.0584. The van der Waals surface area contributed by atoms with E-state index in [4.69, 9.17) is 0 Å². The van der Waals surface area contributed by atoms with E-state index in [9.17, 15) is 13.2 Å². The molecule has 1 amide bonds. The number of amides is 1. The van der Waals surface area contributed by atoms with Crippen LogP contribution in [0.4, 0.5) is 0 Å². The van der Waals surface area contributed by atoms with Crippen molar-refractivity contribution < 1.29 is 13.2 Å². The van der Waals surface area contributed by atoms with E-state index in [2.05, 4.69) is 20.5 Å². The molecule has 0 spiro atoms. The van der Waals surface area contributed by atoms with Crippen LogP contribution in [0, 0.1) is 5.92 Å². The summed E-state index contributed by atoms with van der Waals surface area (Å²) in [5.74, 6) is 0.694. The first-order chi connectivity index (χ1) is 8.46. The minimum Gasteiger partial charge on any atom is -0.346 e. The summed E-state index contributed by atoms with van der Waals surface area (Å²) in [6.45, 7) is 1.80. The van der Waals surface area contributed by atoms with Crippen molar-refractivity contribution in [1.82, 2.24) is 20.5 Å². The second kappa shape index (κ2) is 5.05. The van der Waals surface area contributed by atoms with Crippen LogP contribution >= 0.6 is 0 Å².